The summed E-state index contributed by atoms with van der Waals surface area (Å²) in [6.45, 7) is 5.03. The lowest BCUT2D eigenvalue weighted by atomic mass is 10.0. The van der Waals surface area contributed by atoms with Crippen molar-refractivity contribution in [1.29, 1.82) is 0 Å². The van der Waals surface area contributed by atoms with Gasteiger partial charge in [-0.3, -0.25) is 9.59 Å². The molecule has 148 valence electrons. The Morgan fingerprint density at radius 1 is 1.00 bits per heavy atom. The summed E-state index contributed by atoms with van der Waals surface area (Å²) in [5.41, 5.74) is 1.72. The van der Waals surface area contributed by atoms with E-state index >= 15 is 0 Å². The van der Waals surface area contributed by atoms with E-state index in [9.17, 15) is 14.4 Å². The summed E-state index contributed by atoms with van der Waals surface area (Å²) < 4.78 is 10.2. The fourth-order valence-corrected chi connectivity index (χ4v) is 2.63. The number of hydrogen-bond donors (Lipinski definition) is 1. The maximum absolute atomic E-state index is 12.5. The average molecular weight is 383 g/mol. The highest BCUT2D eigenvalue weighted by Gasteiger charge is 2.27. The molecule has 0 aliphatic rings. The monoisotopic (exact) mass is 383 g/mol. The molecule has 0 bridgehead atoms. The van der Waals surface area contributed by atoms with E-state index in [0.717, 1.165) is 5.56 Å². The zero-order valence-electron chi connectivity index (χ0n) is 16.5. The van der Waals surface area contributed by atoms with Crippen molar-refractivity contribution in [3.8, 4) is 5.75 Å². The van der Waals surface area contributed by atoms with Crippen LogP contribution in [0.25, 0.3) is 0 Å². The van der Waals surface area contributed by atoms with Crippen LogP contribution in [0.5, 0.6) is 5.75 Å². The van der Waals surface area contributed by atoms with E-state index in [0.29, 0.717) is 16.9 Å². The minimum Gasteiger partial charge on any atom is -0.497 e. The number of rotatable bonds is 8. The summed E-state index contributed by atoms with van der Waals surface area (Å²) in [5.74, 6) is -0.887. The Bertz CT molecular complexity index is 842. The summed E-state index contributed by atoms with van der Waals surface area (Å²) in [7, 11) is 1.54. The highest BCUT2D eigenvalue weighted by Crippen LogP contribution is 2.13. The Hall–Kier alpha value is -3.15. The van der Waals surface area contributed by atoms with Gasteiger partial charge in [-0.1, -0.05) is 32.0 Å². The molecule has 0 fully saturated rings. The van der Waals surface area contributed by atoms with E-state index in [1.165, 1.54) is 7.11 Å². The van der Waals surface area contributed by atoms with Crippen molar-refractivity contribution in [2.75, 3.05) is 13.7 Å². The van der Waals surface area contributed by atoms with Crippen LogP contribution >= 0.6 is 0 Å². The summed E-state index contributed by atoms with van der Waals surface area (Å²) >= 11 is 0. The average Bonchev–Trinajstić information content (AvgIpc) is 2.69. The first-order valence-electron chi connectivity index (χ1n) is 9.04. The van der Waals surface area contributed by atoms with Gasteiger partial charge in [0.15, 0.2) is 12.4 Å². The molecule has 6 nitrogen and oxygen atoms in total. The first-order chi connectivity index (χ1) is 13.3. The molecule has 1 amide bonds. The number of esters is 1. The minimum absolute atomic E-state index is 0.198. The number of ether oxygens (including phenoxy) is 2. The molecule has 0 aliphatic carbocycles. The van der Waals surface area contributed by atoms with Gasteiger partial charge < -0.3 is 14.8 Å². The van der Waals surface area contributed by atoms with Crippen LogP contribution in [0.3, 0.4) is 0 Å². The van der Waals surface area contributed by atoms with E-state index in [-0.39, 0.29) is 17.6 Å². The van der Waals surface area contributed by atoms with Gasteiger partial charge in [-0.05, 0) is 48.7 Å². The van der Waals surface area contributed by atoms with Crippen molar-refractivity contribution in [2.45, 2.75) is 26.8 Å². The number of methoxy groups -OCH3 is 1. The third-order valence-corrected chi connectivity index (χ3v) is 4.35. The van der Waals surface area contributed by atoms with Gasteiger partial charge in [0.25, 0.3) is 5.91 Å². The molecule has 0 unspecified atom stereocenters. The Labute approximate surface area is 164 Å². The Kier molecular flexibility index (Phi) is 7.32. The second kappa shape index (κ2) is 9.69. The molecule has 0 saturated heterocycles. The van der Waals surface area contributed by atoms with Crippen LogP contribution in [-0.2, 0) is 9.53 Å². The van der Waals surface area contributed by atoms with Crippen LogP contribution in [0.1, 0.15) is 40.1 Å². The third kappa shape index (κ3) is 5.42. The number of carbonyl (C=O) groups excluding carboxylic acids is 3. The lowest BCUT2D eigenvalue weighted by Gasteiger charge is -2.21. The molecule has 0 heterocycles. The van der Waals surface area contributed by atoms with Crippen molar-refractivity contribution in [2.24, 2.45) is 5.92 Å². The second-order valence-electron chi connectivity index (χ2n) is 6.77. The summed E-state index contributed by atoms with van der Waals surface area (Å²) in [4.78, 5) is 37.2. The molecule has 28 heavy (non-hydrogen) atoms. The Morgan fingerprint density at radius 2 is 1.64 bits per heavy atom. The number of Topliss-reactive ketones (excluding diaryl/α,β-unsaturated/α-hetero) is 1. The summed E-state index contributed by atoms with van der Waals surface area (Å²) in [5, 5.41) is 2.71. The molecule has 1 N–H and O–H groups in total. The van der Waals surface area contributed by atoms with Gasteiger partial charge in [0.1, 0.15) is 11.8 Å². The van der Waals surface area contributed by atoms with E-state index < -0.39 is 18.6 Å². The van der Waals surface area contributed by atoms with Crippen LogP contribution in [-0.4, -0.2) is 37.4 Å². The van der Waals surface area contributed by atoms with Gasteiger partial charge in [0.05, 0.1) is 7.11 Å². The number of carbonyl (C=O) groups is 3. The van der Waals surface area contributed by atoms with E-state index in [2.05, 4.69) is 5.32 Å². The van der Waals surface area contributed by atoms with Crippen molar-refractivity contribution in [3.63, 3.8) is 0 Å². The standard InChI is InChI=1S/C22H25NO5/c1-14(2)20(23-21(25)18-8-6-5-7-15(18)3)22(26)28-13-19(24)16-9-11-17(27-4)12-10-16/h5-12,14,20H,13H2,1-4H3,(H,23,25)/t20-/m0/s1. The predicted octanol–water partition coefficient (Wildman–Crippen LogP) is 3.18. The van der Waals surface area contributed by atoms with Crippen LogP contribution in [0.2, 0.25) is 0 Å². The molecule has 1 atom stereocenters. The van der Waals surface area contributed by atoms with Gasteiger partial charge in [0, 0.05) is 11.1 Å². The number of amides is 1. The van der Waals surface area contributed by atoms with Crippen LogP contribution in [0.15, 0.2) is 48.5 Å². The first-order valence-corrected chi connectivity index (χ1v) is 9.04. The molecular weight excluding hydrogens is 358 g/mol. The number of aryl methyl sites for hydroxylation is 1. The van der Waals surface area contributed by atoms with E-state index in [1.54, 1.807) is 50.2 Å². The lowest BCUT2D eigenvalue weighted by molar-refractivity contribution is -0.145. The fraction of sp³-hybridized carbons (Fsp3) is 0.318. The number of hydrogen-bond acceptors (Lipinski definition) is 5. The van der Waals surface area contributed by atoms with Crippen molar-refractivity contribution in [1.82, 2.24) is 5.32 Å². The molecule has 0 radical (unpaired) electrons. The normalized spacial score (nSPS) is 11.6. The highest BCUT2D eigenvalue weighted by atomic mass is 16.5. The molecule has 0 spiro atoms. The fourth-order valence-electron chi connectivity index (χ4n) is 2.63. The van der Waals surface area contributed by atoms with Gasteiger partial charge in [-0.2, -0.15) is 0 Å². The highest BCUT2D eigenvalue weighted by molar-refractivity contribution is 6.00. The van der Waals surface area contributed by atoms with Crippen LogP contribution < -0.4 is 10.1 Å². The number of nitrogens with one attached hydrogen (secondary N) is 1. The molecule has 0 aromatic heterocycles. The summed E-state index contributed by atoms with van der Waals surface area (Å²) in [6, 6.07) is 12.8. The smallest absolute Gasteiger partial charge is 0.329 e. The van der Waals surface area contributed by atoms with Crippen molar-refractivity contribution < 1.29 is 23.9 Å². The molecular formula is C22H25NO5. The summed E-state index contributed by atoms with van der Waals surface area (Å²) in [6.07, 6.45) is 0. The largest absolute Gasteiger partial charge is 0.497 e. The van der Waals surface area contributed by atoms with Gasteiger partial charge >= 0.3 is 5.97 Å². The molecule has 2 aromatic carbocycles. The van der Waals surface area contributed by atoms with E-state index in [1.807, 2.05) is 19.1 Å². The van der Waals surface area contributed by atoms with Crippen molar-refractivity contribution in [3.05, 3.63) is 65.2 Å². The van der Waals surface area contributed by atoms with Gasteiger partial charge in [0.2, 0.25) is 0 Å². The maximum atomic E-state index is 12.5. The SMILES string of the molecule is COc1ccc(C(=O)COC(=O)[C@@H](NC(=O)c2ccccc2C)C(C)C)cc1. The molecule has 2 aromatic rings. The maximum Gasteiger partial charge on any atom is 0.329 e. The number of ketones is 1. The van der Waals surface area contributed by atoms with Crippen molar-refractivity contribution >= 4 is 17.7 Å². The predicted molar refractivity (Wildman–Crippen MR) is 106 cm³/mol. The quantitative estimate of drug-likeness (QED) is 0.559. The molecule has 0 saturated carbocycles. The third-order valence-electron chi connectivity index (χ3n) is 4.35. The lowest BCUT2D eigenvalue weighted by Crippen LogP contribution is -2.45. The van der Waals surface area contributed by atoms with Gasteiger partial charge in [-0.15, -0.1) is 0 Å². The molecule has 6 heteroatoms. The Balaban J connectivity index is 1.99. The first kappa shape index (κ1) is 21.2. The second-order valence-corrected chi connectivity index (χ2v) is 6.77. The zero-order chi connectivity index (χ0) is 20.7. The minimum atomic E-state index is -0.851. The van der Waals surface area contributed by atoms with Gasteiger partial charge in [-0.25, -0.2) is 4.79 Å². The topological polar surface area (TPSA) is 81.7 Å². The molecule has 2 rings (SSSR count). The van der Waals surface area contributed by atoms with Crippen LogP contribution in [0, 0.1) is 12.8 Å². The Morgan fingerprint density at radius 3 is 2.21 bits per heavy atom. The zero-order valence-corrected chi connectivity index (χ0v) is 16.5. The molecule has 0 aliphatic heterocycles. The van der Waals surface area contributed by atoms with Crippen LogP contribution in [0.4, 0.5) is 0 Å². The number of benzene rings is 2. The van der Waals surface area contributed by atoms with E-state index in [4.69, 9.17) is 9.47 Å².